The zero-order chi connectivity index (χ0) is 17.4. The summed E-state index contributed by atoms with van der Waals surface area (Å²) < 4.78 is 5.99. The third-order valence-electron chi connectivity index (χ3n) is 5.33. The van der Waals surface area contributed by atoms with Gasteiger partial charge in [-0.3, -0.25) is 23.9 Å². The summed E-state index contributed by atoms with van der Waals surface area (Å²) in [7, 11) is 1.34. The molecule has 0 unspecified atom stereocenters. The highest BCUT2D eigenvalue weighted by Crippen LogP contribution is 2.49. The fourth-order valence-electron chi connectivity index (χ4n) is 4.02. The molecule has 0 aromatic carbocycles. The van der Waals surface area contributed by atoms with Crippen molar-refractivity contribution < 1.29 is 14.3 Å². The minimum absolute atomic E-state index is 0.238. The molecule has 0 spiro atoms. The summed E-state index contributed by atoms with van der Waals surface area (Å²) in [5.74, 6) is 0.292. The van der Waals surface area contributed by atoms with Crippen molar-refractivity contribution in [3.63, 3.8) is 0 Å². The molecule has 1 heterocycles. The summed E-state index contributed by atoms with van der Waals surface area (Å²) in [6.45, 7) is -0.550. The van der Waals surface area contributed by atoms with Gasteiger partial charge in [-0.1, -0.05) is 6.42 Å². The van der Waals surface area contributed by atoms with Crippen LogP contribution in [-0.4, -0.2) is 27.9 Å². The summed E-state index contributed by atoms with van der Waals surface area (Å²) in [5, 5.41) is 0. The molecule has 3 rings (SSSR count). The monoisotopic (exact) mass is 335 g/mol. The van der Waals surface area contributed by atoms with Crippen molar-refractivity contribution in [1.82, 2.24) is 9.55 Å². The molecule has 2 saturated carbocycles. The Morgan fingerprint density at radius 3 is 2.67 bits per heavy atom. The first kappa shape index (κ1) is 16.5. The van der Waals surface area contributed by atoms with Crippen LogP contribution in [0.3, 0.4) is 0 Å². The van der Waals surface area contributed by atoms with Crippen LogP contribution < -0.4 is 17.0 Å². The number of H-pyrrole nitrogens is 1. The molecule has 2 fully saturated rings. The van der Waals surface area contributed by atoms with Crippen LogP contribution in [0.25, 0.3) is 0 Å². The second kappa shape index (κ2) is 6.26. The molecule has 8 heteroatoms. The van der Waals surface area contributed by atoms with Gasteiger partial charge in [-0.2, -0.15) is 0 Å². The van der Waals surface area contributed by atoms with E-state index in [0.717, 1.165) is 16.9 Å². The molecule has 2 aliphatic rings. The van der Waals surface area contributed by atoms with E-state index in [1.807, 2.05) is 4.98 Å². The van der Waals surface area contributed by atoms with E-state index in [0.29, 0.717) is 18.3 Å². The molecule has 2 aliphatic carbocycles. The van der Waals surface area contributed by atoms with Gasteiger partial charge in [-0.15, -0.1) is 0 Å². The van der Waals surface area contributed by atoms with E-state index in [9.17, 15) is 19.2 Å². The first-order valence-corrected chi connectivity index (χ1v) is 8.14. The zero-order valence-corrected chi connectivity index (χ0v) is 13.5. The minimum Gasteiger partial charge on any atom is -0.457 e. The fraction of sp³-hybridized carbons (Fsp3) is 0.625. The predicted octanol–water partition coefficient (Wildman–Crippen LogP) is 0.208. The molecular formula is C16H21N3O5. The molecule has 1 aromatic rings. The van der Waals surface area contributed by atoms with Gasteiger partial charge in [-0.25, -0.2) is 4.79 Å². The van der Waals surface area contributed by atoms with Crippen LogP contribution in [0.1, 0.15) is 42.5 Å². The smallest absolute Gasteiger partial charge is 0.329 e. The molecule has 8 nitrogen and oxygen atoms in total. The van der Waals surface area contributed by atoms with Crippen LogP contribution in [-0.2, 0) is 16.6 Å². The van der Waals surface area contributed by atoms with E-state index in [1.54, 1.807) is 0 Å². The van der Waals surface area contributed by atoms with Crippen LogP contribution in [0.15, 0.2) is 9.59 Å². The zero-order valence-electron chi connectivity index (χ0n) is 13.5. The predicted molar refractivity (Wildman–Crippen MR) is 85.6 cm³/mol. The number of rotatable bonds is 5. The molecule has 0 amide bonds. The number of nitrogen functional groups attached to an aromatic ring is 1. The van der Waals surface area contributed by atoms with Crippen molar-refractivity contribution in [2.75, 3.05) is 12.3 Å². The van der Waals surface area contributed by atoms with Crippen molar-refractivity contribution in [1.29, 1.82) is 0 Å². The van der Waals surface area contributed by atoms with Crippen LogP contribution in [0, 0.1) is 17.8 Å². The van der Waals surface area contributed by atoms with Crippen LogP contribution in [0.2, 0.25) is 0 Å². The number of carbonyl (C=O) groups is 2. The quantitative estimate of drug-likeness (QED) is 0.585. The Kier molecular flexibility index (Phi) is 4.29. The van der Waals surface area contributed by atoms with Gasteiger partial charge in [0.25, 0.3) is 5.56 Å². The summed E-state index contributed by atoms with van der Waals surface area (Å²) in [6, 6.07) is 0. The molecule has 2 bridgehead atoms. The number of nitrogens with zero attached hydrogens (tertiary/aromatic N) is 1. The maximum absolute atomic E-state index is 12.1. The van der Waals surface area contributed by atoms with Crippen molar-refractivity contribution in [3.8, 4) is 0 Å². The number of aromatic nitrogens is 2. The Bertz CT molecular complexity index is 794. The number of anilines is 1. The van der Waals surface area contributed by atoms with Gasteiger partial charge < -0.3 is 10.5 Å². The molecular weight excluding hydrogens is 314 g/mol. The van der Waals surface area contributed by atoms with Crippen LogP contribution >= 0.6 is 0 Å². The Labute approximate surface area is 138 Å². The summed E-state index contributed by atoms with van der Waals surface area (Å²) in [4.78, 5) is 49.2. The number of hydrogen-bond acceptors (Lipinski definition) is 6. The third-order valence-corrected chi connectivity index (χ3v) is 5.33. The average molecular weight is 335 g/mol. The highest BCUT2D eigenvalue weighted by molar-refractivity contribution is 6.01. The second-order valence-electron chi connectivity index (χ2n) is 6.80. The van der Waals surface area contributed by atoms with Gasteiger partial charge in [0.2, 0.25) is 5.78 Å². The SMILES string of the molecule is Cn1c(N)c(C(=O)COC(=O)C[C@@H]2C[C@@H]3CC[C@@H]2C3)c(=O)[nH]c1=O. The Morgan fingerprint density at radius 1 is 1.29 bits per heavy atom. The molecule has 130 valence electrons. The summed E-state index contributed by atoms with van der Waals surface area (Å²) in [5.41, 5.74) is 3.71. The van der Waals surface area contributed by atoms with E-state index in [-0.39, 0.29) is 11.4 Å². The molecule has 0 aliphatic heterocycles. The number of ether oxygens (including phenoxy) is 1. The van der Waals surface area contributed by atoms with Crippen molar-refractivity contribution >= 4 is 17.6 Å². The number of hydrogen-bond donors (Lipinski definition) is 2. The maximum atomic E-state index is 12.1. The molecule has 3 atom stereocenters. The standard InChI is InChI=1S/C16H21N3O5/c1-19-14(17)13(15(22)18-16(19)23)11(20)7-24-12(21)6-10-5-8-2-3-9(10)4-8/h8-10H,2-7,17H2,1H3,(H,18,22,23)/t8-,9-,10+/m1/s1. The van der Waals surface area contributed by atoms with Crippen LogP contribution in [0.4, 0.5) is 5.82 Å². The number of fused-ring (bicyclic) bond motifs is 2. The van der Waals surface area contributed by atoms with E-state index in [4.69, 9.17) is 10.5 Å². The topological polar surface area (TPSA) is 124 Å². The van der Waals surface area contributed by atoms with E-state index < -0.39 is 29.6 Å². The van der Waals surface area contributed by atoms with Gasteiger partial charge in [-0.05, 0) is 37.0 Å². The number of Topliss-reactive ketones (excluding diaryl/α,β-unsaturated/α-hetero) is 1. The maximum Gasteiger partial charge on any atom is 0.329 e. The summed E-state index contributed by atoms with van der Waals surface area (Å²) in [6.07, 6.45) is 4.99. The second-order valence-corrected chi connectivity index (χ2v) is 6.80. The first-order valence-electron chi connectivity index (χ1n) is 8.14. The lowest BCUT2D eigenvalue weighted by atomic mass is 9.86. The van der Waals surface area contributed by atoms with E-state index in [2.05, 4.69) is 0 Å². The van der Waals surface area contributed by atoms with Gasteiger partial charge in [0, 0.05) is 13.5 Å². The lowest BCUT2D eigenvalue weighted by Gasteiger charge is -2.20. The number of carbonyl (C=O) groups excluding carboxylic acids is 2. The minimum atomic E-state index is -0.871. The van der Waals surface area contributed by atoms with Crippen LogP contribution in [0.5, 0.6) is 0 Å². The molecule has 3 N–H and O–H groups in total. The van der Waals surface area contributed by atoms with E-state index in [1.165, 1.54) is 26.3 Å². The lowest BCUT2D eigenvalue weighted by Crippen LogP contribution is -2.36. The molecule has 1 aromatic heterocycles. The Morgan fingerprint density at radius 2 is 2.04 bits per heavy atom. The number of nitrogens with one attached hydrogen (secondary N) is 1. The van der Waals surface area contributed by atoms with Gasteiger partial charge in [0.1, 0.15) is 11.4 Å². The highest BCUT2D eigenvalue weighted by Gasteiger charge is 2.40. The molecule has 0 saturated heterocycles. The van der Waals surface area contributed by atoms with Crippen molar-refractivity contribution in [3.05, 3.63) is 26.4 Å². The molecule has 0 radical (unpaired) electrons. The molecule has 24 heavy (non-hydrogen) atoms. The van der Waals surface area contributed by atoms with Gasteiger partial charge in [0.05, 0.1) is 0 Å². The van der Waals surface area contributed by atoms with E-state index >= 15 is 0 Å². The number of aromatic amines is 1. The Hall–Kier alpha value is -2.38. The highest BCUT2D eigenvalue weighted by atomic mass is 16.5. The average Bonchev–Trinajstić information content (AvgIpc) is 3.13. The van der Waals surface area contributed by atoms with Gasteiger partial charge >= 0.3 is 11.7 Å². The van der Waals surface area contributed by atoms with Gasteiger partial charge in [0.15, 0.2) is 6.61 Å². The third kappa shape index (κ3) is 3.00. The number of esters is 1. The Balaban J connectivity index is 1.60. The van der Waals surface area contributed by atoms with Crippen molar-refractivity contribution in [2.45, 2.75) is 32.1 Å². The largest absolute Gasteiger partial charge is 0.457 e. The lowest BCUT2D eigenvalue weighted by molar-refractivity contribution is -0.144. The normalized spacial score (nSPS) is 25.0. The number of ketones is 1. The summed E-state index contributed by atoms with van der Waals surface area (Å²) >= 11 is 0. The fourth-order valence-corrected chi connectivity index (χ4v) is 4.02. The first-order chi connectivity index (χ1) is 11.4. The van der Waals surface area contributed by atoms with Crippen molar-refractivity contribution in [2.24, 2.45) is 24.8 Å². The number of nitrogens with two attached hydrogens (primary N) is 1.